The molecule has 24 heavy (non-hydrogen) atoms. The molecule has 2 aromatic rings. The third kappa shape index (κ3) is 2.57. The number of hydrogen-bond acceptors (Lipinski definition) is 4. The molecule has 0 aromatic heterocycles. The van der Waals surface area contributed by atoms with Crippen molar-refractivity contribution in [3.05, 3.63) is 65.7 Å². The summed E-state index contributed by atoms with van der Waals surface area (Å²) in [5.41, 5.74) is 2.20. The average Bonchev–Trinajstić information content (AvgIpc) is 2.98. The summed E-state index contributed by atoms with van der Waals surface area (Å²) in [6, 6.07) is 18.0. The molecule has 124 valence electrons. The first kappa shape index (κ1) is 15.2. The minimum atomic E-state index is -0.455. The number of benzene rings is 2. The Balaban J connectivity index is 1.71. The number of methoxy groups -OCH3 is 1. The molecule has 2 aromatic carbocycles. The van der Waals surface area contributed by atoms with E-state index in [2.05, 4.69) is 12.1 Å². The van der Waals surface area contributed by atoms with E-state index in [0.29, 0.717) is 6.61 Å². The Morgan fingerprint density at radius 2 is 1.75 bits per heavy atom. The summed E-state index contributed by atoms with van der Waals surface area (Å²) in [6.07, 6.45) is 0.442. The van der Waals surface area contributed by atoms with Gasteiger partial charge in [-0.25, -0.2) is 0 Å². The first-order chi connectivity index (χ1) is 11.8. The van der Waals surface area contributed by atoms with Crippen LogP contribution in [-0.2, 0) is 14.3 Å². The first-order valence-corrected chi connectivity index (χ1v) is 8.29. The summed E-state index contributed by atoms with van der Waals surface area (Å²) in [4.78, 5) is 12.5. The van der Waals surface area contributed by atoms with Crippen LogP contribution < -0.4 is 4.74 Å². The SMILES string of the molecule is COc1ccc([C@H]2C(=O)O[C@@H]3OCC[C@@H](c4ccccc4)[C@@H]32)cc1. The predicted molar refractivity (Wildman–Crippen MR) is 88.9 cm³/mol. The lowest BCUT2D eigenvalue weighted by atomic mass is 9.73. The third-order valence-corrected chi connectivity index (χ3v) is 5.06. The summed E-state index contributed by atoms with van der Waals surface area (Å²) in [7, 11) is 1.63. The van der Waals surface area contributed by atoms with E-state index < -0.39 is 6.29 Å². The number of esters is 1. The maximum absolute atomic E-state index is 12.5. The van der Waals surface area contributed by atoms with Gasteiger partial charge in [0.15, 0.2) is 0 Å². The molecule has 0 N–H and O–H groups in total. The molecule has 0 amide bonds. The lowest BCUT2D eigenvalue weighted by Crippen LogP contribution is -2.34. The quantitative estimate of drug-likeness (QED) is 0.811. The third-order valence-electron chi connectivity index (χ3n) is 5.06. The largest absolute Gasteiger partial charge is 0.497 e. The van der Waals surface area contributed by atoms with E-state index in [1.165, 1.54) is 5.56 Å². The number of carbonyl (C=O) groups is 1. The minimum Gasteiger partial charge on any atom is -0.497 e. The van der Waals surface area contributed by atoms with Gasteiger partial charge in [0.2, 0.25) is 6.29 Å². The van der Waals surface area contributed by atoms with Crippen LogP contribution in [0.1, 0.15) is 29.4 Å². The number of fused-ring (bicyclic) bond motifs is 1. The van der Waals surface area contributed by atoms with Gasteiger partial charge in [0.1, 0.15) is 5.75 Å². The molecule has 4 heteroatoms. The standard InChI is InChI=1S/C20H20O4/c1-22-15-9-7-14(8-10-15)17-18-16(13-5-3-2-4-6-13)11-12-23-20(18)24-19(17)21/h2-10,16-18,20H,11-12H2,1H3/t16-,17+,18+,20-/m0/s1. The van der Waals surface area contributed by atoms with Crippen LogP contribution in [0.3, 0.4) is 0 Å². The second-order valence-corrected chi connectivity index (χ2v) is 6.31. The zero-order valence-electron chi connectivity index (χ0n) is 13.6. The van der Waals surface area contributed by atoms with Crippen molar-refractivity contribution in [3.63, 3.8) is 0 Å². The fraction of sp³-hybridized carbons (Fsp3) is 0.350. The second-order valence-electron chi connectivity index (χ2n) is 6.31. The number of hydrogen-bond donors (Lipinski definition) is 0. The summed E-state index contributed by atoms with van der Waals surface area (Å²) in [5, 5.41) is 0. The van der Waals surface area contributed by atoms with Crippen molar-refractivity contribution in [1.29, 1.82) is 0 Å². The van der Waals surface area contributed by atoms with E-state index in [0.717, 1.165) is 17.7 Å². The Hall–Kier alpha value is -2.33. The van der Waals surface area contributed by atoms with Gasteiger partial charge in [-0.15, -0.1) is 0 Å². The monoisotopic (exact) mass is 324 g/mol. The van der Waals surface area contributed by atoms with Gasteiger partial charge in [-0.1, -0.05) is 42.5 Å². The summed E-state index contributed by atoms with van der Waals surface area (Å²) < 4.78 is 16.5. The first-order valence-electron chi connectivity index (χ1n) is 8.29. The maximum Gasteiger partial charge on any atom is 0.316 e. The molecule has 0 radical (unpaired) electrons. The Morgan fingerprint density at radius 3 is 2.46 bits per heavy atom. The van der Waals surface area contributed by atoms with E-state index in [1.807, 2.05) is 42.5 Å². The van der Waals surface area contributed by atoms with Crippen LogP contribution in [0, 0.1) is 5.92 Å². The highest BCUT2D eigenvalue weighted by Crippen LogP contribution is 2.49. The molecule has 4 atom stereocenters. The van der Waals surface area contributed by atoms with Gasteiger partial charge in [0.05, 0.1) is 19.6 Å². The van der Waals surface area contributed by atoms with Crippen LogP contribution in [0.5, 0.6) is 5.75 Å². The molecule has 2 aliphatic rings. The van der Waals surface area contributed by atoms with Crippen molar-refractivity contribution >= 4 is 5.97 Å². The molecule has 0 spiro atoms. The van der Waals surface area contributed by atoms with Crippen LogP contribution in [0.4, 0.5) is 0 Å². The van der Waals surface area contributed by atoms with E-state index >= 15 is 0 Å². The van der Waals surface area contributed by atoms with Crippen LogP contribution in [0.2, 0.25) is 0 Å². The van der Waals surface area contributed by atoms with Crippen molar-refractivity contribution in [2.75, 3.05) is 13.7 Å². The molecule has 0 aliphatic carbocycles. The fourth-order valence-electron chi connectivity index (χ4n) is 3.91. The van der Waals surface area contributed by atoms with Crippen molar-refractivity contribution < 1.29 is 19.0 Å². The lowest BCUT2D eigenvalue weighted by molar-refractivity contribution is -0.176. The molecular formula is C20H20O4. The molecule has 4 rings (SSSR count). The Morgan fingerprint density at radius 1 is 1.00 bits per heavy atom. The number of ether oxygens (including phenoxy) is 3. The Kier molecular flexibility index (Phi) is 3.98. The smallest absolute Gasteiger partial charge is 0.316 e. The molecule has 4 nitrogen and oxygen atoms in total. The van der Waals surface area contributed by atoms with Gasteiger partial charge in [0, 0.05) is 5.92 Å². The van der Waals surface area contributed by atoms with Gasteiger partial charge >= 0.3 is 5.97 Å². The van der Waals surface area contributed by atoms with E-state index in [-0.39, 0.29) is 23.7 Å². The Labute approximate surface area is 141 Å². The van der Waals surface area contributed by atoms with Gasteiger partial charge in [-0.05, 0) is 35.6 Å². The number of carbonyl (C=O) groups excluding carboxylic acids is 1. The van der Waals surface area contributed by atoms with Crippen molar-refractivity contribution in [2.45, 2.75) is 24.5 Å². The molecule has 2 saturated heterocycles. The second kappa shape index (κ2) is 6.29. The van der Waals surface area contributed by atoms with Crippen LogP contribution in [-0.4, -0.2) is 26.0 Å². The lowest BCUT2D eigenvalue weighted by Gasteiger charge is -2.34. The zero-order valence-corrected chi connectivity index (χ0v) is 13.6. The zero-order chi connectivity index (χ0) is 16.5. The predicted octanol–water partition coefficient (Wildman–Crippen LogP) is 3.48. The Bertz CT molecular complexity index is 710. The minimum absolute atomic E-state index is 0.00189. The van der Waals surface area contributed by atoms with Crippen LogP contribution in [0.15, 0.2) is 54.6 Å². The maximum atomic E-state index is 12.5. The van der Waals surface area contributed by atoms with Crippen LogP contribution >= 0.6 is 0 Å². The summed E-state index contributed by atoms with van der Waals surface area (Å²) in [6.45, 7) is 0.614. The number of rotatable bonds is 3. The molecule has 2 aliphatic heterocycles. The molecule has 0 bridgehead atoms. The van der Waals surface area contributed by atoms with Crippen molar-refractivity contribution in [3.8, 4) is 5.75 Å². The van der Waals surface area contributed by atoms with Gasteiger partial charge < -0.3 is 14.2 Å². The molecular weight excluding hydrogens is 304 g/mol. The molecule has 2 fully saturated rings. The van der Waals surface area contributed by atoms with Crippen LogP contribution in [0.25, 0.3) is 0 Å². The van der Waals surface area contributed by atoms with E-state index in [1.54, 1.807) is 7.11 Å². The van der Waals surface area contributed by atoms with Gasteiger partial charge in [0.25, 0.3) is 0 Å². The topological polar surface area (TPSA) is 44.8 Å². The average molecular weight is 324 g/mol. The highest BCUT2D eigenvalue weighted by Gasteiger charge is 2.52. The van der Waals surface area contributed by atoms with Gasteiger partial charge in [-0.2, -0.15) is 0 Å². The van der Waals surface area contributed by atoms with E-state index in [9.17, 15) is 4.79 Å². The molecule has 0 unspecified atom stereocenters. The fourth-order valence-corrected chi connectivity index (χ4v) is 3.91. The highest BCUT2D eigenvalue weighted by atomic mass is 16.7. The molecule has 0 saturated carbocycles. The van der Waals surface area contributed by atoms with Crippen molar-refractivity contribution in [2.24, 2.45) is 5.92 Å². The highest BCUT2D eigenvalue weighted by molar-refractivity contribution is 5.81. The summed E-state index contributed by atoms with van der Waals surface area (Å²) in [5.74, 6) is 0.538. The molecule has 2 heterocycles. The normalized spacial score (nSPS) is 29.0. The van der Waals surface area contributed by atoms with Gasteiger partial charge in [-0.3, -0.25) is 4.79 Å². The van der Waals surface area contributed by atoms with Crippen molar-refractivity contribution in [1.82, 2.24) is 0 Å². The van der Waals surface area contributed by atoms with E-state index in [4.69, 9.17) is 14.2 Å². The summed E-state index contributed by atoms with van der Waals surface area (Å²) >= 11 is 0.